The Morgan fingerprint density at radius 2 is 1.86 bits per heavy atom. The average Bonchev–Trinajstić information content (AvgIpc) is 2.47. The van der Waals surface area contributed by atoms with E-state index >= 15 is 0 Å². The van der Waals surface area contributed by atoms with Crippen molar-refractivity contribution >= 4 is 11.9 Å². The third-order valence-corrected chi connectivity index (χ3v) is 5.11. The summed E-state index contributed by atoms with van der Waals surface area (Å²) in [6.07, 6.45) is 1.38. The summed E-state index contributed by atoms with van der Waals surface area (Å²) in [5.41, 5.74) is 0.582. The van der Waals surface area contributed by atoms with Crippen molar-refractivity contribution in [2.75, 3.05) is 27.2 Å². The Bertz CT molecular complexity index is 591. The summed E-state index contributed by atoms with van der Waals surface area (Å²) in [4.78, 5) is 28.5. The van der Waals surface area contributed by atoms with Crippen molar-refractivity contribution in [1.29, 1.82) is 0 Å². The first-order valence-corrected chi connectivity index (χ1v) is 7.26. The number of aliphatic carboxylic acids is 1. The van der Waals surface area contributed by atoms with Crippen molar-refractivity contribution in [2.24, 2.45) is 0 Å². The Labute approximate surface area is 124 Å². The number of hydrogen-bond donors (Lipinski definition) is 1. The minimum atomic E-state index is -0.841. The molecule has 1 saturated heterocycles. The van der Waals surface area contributed by atoms with Gasteiger partial charge < -0.3 is 14.9 Å². The van der Waals surface area contributed by atoms with Gasteiger partial charge in [-0.1, -0.05) is 18.2 Å². The number of likely N-dealkylation sites (tertiary alicyclic amines) is 1. The van der Waals surface area contributed by atoms with Crippen molar-refractivity contribution in [3.8, 4) is 0 Å². The molecule has 1 amide bonds. The van der Waals surface area contributed by atoms with E-state index in [0.29, 0.717) is 24.0 Å². The molecule has 1 spiro atoms. The van der Waals surface area contributed by atoms with Crippen LogP contribution in [0.1, 0.15) is 34.7 Å². The Balaban J connectivity index is 2.16. The molecule has 5 heteroatoms. The average molecular weight is 288 g/mol. The number of hydrogen-bond acceptors (Lipinski definition) is 3. The zero-order valence-corrected chi connectivity index (χ0v) is 12.4. The Kier molecular flexibility index (Phi) is 3.24. The molecule has 112 valence electrons. The predicted molar refractivity (Wildman–Crippen MR) is 78.4 cm³/mol. The molecule has 2 aliphatic heterocycles. The molecule has 0 aromatic heterocycles. The van der Waals surface area contributed by atoms with Crippen LogP contribution >= 0.6 is 0 Å². The van der Waals surface area contributed by atoms with E-state index < -0.39 is 17.4 Å². The third kappa shape index (κ3) is 1.95. The molecule has 1 aromatic carbocycles. The highest BCUT2D eigenvalue weighted by atomic mass is 16.4. The fourth-order valence-corrected chi connectivity index (χ4v) is 3.80. The second-order valence-electron chi connectivity index (χ2n) is 6.13. The van der Waals surface area contributed by atoms with Crippen LogP contribution in [0.5, 0.6) is 0 Å². The first-order valence-electron chi connectivity index (χ1n) is 7.26. The fraction of sp³-hybridized carbons (Fsp3) is 0.500. The van der Waals surface area contributed by atoms with Crippen LogP contribution in [-0.2, 0) is 4.79 Å². The van der Waals surface area contributed by atoms with Gasteiger partial charge in [0.2, 0.25) is 0 Å². The molecule has 3 rings (SSSR count). The van der Waals surface area contributed by atoms with Crippen LogP contribution in [0.4, 0.5) is 0 Å². The summed E-state index contributed by atoms with van der Waals surface area (Å²) in [5, 5.41) is 9.82. The largest absolute Gasteiger partial charge is 0.481 e. The molecular formula is C16H20N2O3. The highest BCUT2D eigenvalue weighted by Gasteiger charge is 2.54. The van der Waals surface area contributed by atoms with Gasteiger partial charge in [0.05, 0.1) is 5.54 Å². The van der Waals surface area contributed by atoms with E-state index in [1.54, 1.807) is 30.1 Å². The van der Waals surface area contributed by atoms with E-state index in [1.807, 2.05) is 13.1 Å². The van der Waals surface area contributed by atoms with E-state index in [2.05, 4.69) is 4.90 Å². The number of carboxylic acids is 1. The number of rotatable bonds is 1. The molecule has 1 fully saturated rings. The Morgan fingerprint density at radius 1 is 1.24 bits per heavy atom. The molecule has 21 heavy (non-hydrogen) atoms. The van der Waals surface area contributed by atoms with Crippen LogP contribution in [0.25, 0.3) is 0 Å². The molecule has 1 aromatic rings. The minimum absolute atomic E-state index is 0.0624. The topological polar surface area (TPSA) is 60.9 Å². The zero-order valence-electron chi connectivity index (χ0n) is 12.4. The second-order valence-corrected chi connectivity index (χ2v) is 6.13. The number of likely N-dealkylation sites (N-methyl/N-ethyl adjacent to an activating group) is 1. The molecule has 1 unspecified atom stereocenters. The predicted octanol–water partition coefficient (Wildman–Crippen LogP) is 1.40. The van der Waals surface area contributed by atoms with Gasteiger partial charge in [-0.05, 0) is 31.5 Å². The SMILES string of the molecule is CN1CCC2(CC1)C(C(=O)O)c1ccccc1C(=O)N2C. The monoisotopic (exact) mass is 288 g/mol. The molecule has 2 heterocycles. The summed E-state index contributed by atoms with van der Waals surface area (Å²) in [5.74, 6) is -1.55. The van der Waals surface area contributed by atoms with Crippen LogP contribution in [0.3, 0.4) is 0 Å². The van der Waals surface area contributed by atoms with Gasteiger partial charge in [0.1, 0.15) is 5.92 Å². The lowest BCUT2D eigenvalue weighted by molar-refractivity contribution is -0.144. The van der Waals surface area contributed by atoms with Crippen molar-refractivity contribution in [3.63, 3.8) is 0 Å². The first-order chi connectivity index (χ1) is 9.97. The zero-order chi connectivity index (χ0) is 15.2. The van der Waals surface area contributed by atoms with Crippen LogP contribution in [0.15, 0.2) is 24.3 Å². The Hall–Kier alpha value is -1.88. The van der Waals surface area contributed by atoms with Crippen LogP contribution in [0, 0.1) is 0 Å². The lowest BCUT2D eigenvalue weighted by atomic mass is 9.68. The minimum Gasteiger partial charge on any atom is -0.481 e. The highest BCUT2D eigenvalue weighted by Crippen LogP contribution is 2.46. The molecule has 1 N–H and O–H groups in total. The second kappa shape index (κ2) is 4.84. The van der Waals surface area contributed by atoms with E-state index in [-0.39, 0.29) is 5.91 Å². The summed E-state index contributed by atoms with van der Waals surface area (Å²) in [6.45, 7) is 1.62. The van der Waals surface area contributed by atoms with Crippen LogP contribution in [0.2, 0.25) is 0 Å². The summed E-state index contributed by atoms with van der Waals surface area (Å²) < 4.78 is 0. The number of fused-ring (bicyclic) bond motifs is 1. The van der Waals surface area contributed by atoms with Gasteiger partial charge in [-0.3, -0.25) is 9.59 Å². The summed E-state index contributed by atoms with van der Waals surface area (Å²) in [7, 11) is 3.78. The number of amides is 1. The maximum atomic E-state index is 12.7. The maximum Gasteiger partial charge on any atom is 0.313 e. The molecular weight excluding hydrogens is 268 g/mol. The Morgan fingerprint density at radius 3 is 2.48 bits per heavy atom. The number of carboxylic acid groups (broad SMARTS) is 1. The van der Waals surface area contributed by atoms with Crippen LogP contribution in [-0.4, -0.2) is 59.5 Å². The van der Waals surface area contributed by atoms with Gasteiger partial charge in [-0.2, -0.15) is 0 Å². The third-order valence-electron chi connectivity index (χ3n) is 5.11. The normalized spacial score (nSPS) is 25.0. The van der Waals surface area contributed by atoms with Gasteiger partial charge in [0.15, 0.2) is 0 Å². The van der Waals surface area contributed by atoms with Crippen molar-refractivity contribution in [2.45, 2.75) is 24.3 Å². The molecule has 1 atom stereocenters. The fourth-order valence-electron chi connectivity index (χ4n) is 3.80. The molecule has 0 radical (unpaired) electrons. The summed E-state index contributed by atoms with van der Waals surface area (Å²) >= 11 is 0. The quantitative estimate of drug-likeness (QED) is 0.848. The number of carbonyl (C=O) groups is 2. The van der Waals surface area contributed by atoms with E-state index in [1.165, 1.54) is 0 Å². The molecule has 5 nitrogen and oxygen atoms in total. The van der Waals surface area contributed by atoms with Gasteiger partial charge in [0, 0.05) is 25.7 Å². The van der Waals surface area contributed by atoms with Gasteiger partial charge in [-0.15, -0.1) is 0 Å². The maximum absolute atomic E-state index is 12.7. The van der Waals surface area contributed by atoms with E-state index in [0.717, 1.165) is 13.1 Å². The first kappa shape index (κ1) is 14.1. The van der Waals surface area contributed by atoms with Gasteiger partial charge in [-0.25, -0.2) is 0 Å². The van der Waals surface area contributed by atoms with Crippen molar-refractivity contribution in [1.82, 2.24) is 9.80 Å². The van der Waals surface area contributed by atoms with E-state index in [9.17, 15) is 14.7 Å². The lowest BCUT2D eigenvalue weighted by Crippen LogP contribution is -2.62. The number of benzene rings is 1. The smallest absolute Gasteiger partial charge is 0.313 e. The molecule has 2 aliphatic rings. The van der Waals surface area contributed by atoms with Crippen molar-refractivity contribution < 1.29 is 14.7 Å². The number of carbonyl (C=O) groups excluding carboxylic acids is 1. The number of nitrogens with zero attached hydrogens (tertiary/aromatic N) is 2. The van der Waals surface area contributed by atoms with Crippen molar-refractivity contribution in [3.05, 3.63) is 35.4 Å². The van der Waals surface area contributed by atoms with Crippen LogP contribution < -0.4 is 0 Å². The molecule has 0 aliphatic carbocycles. The van der Waals surface area contributed by atoms with Gasteiger partial charge >= 0.3 is 5.97 Å². The lowest BCUT2D eigenvalue weighted by Gasteiger charge is -2.52. The summed E-state index contributed by atoms with van der Waals surface area (Å²) in [6, 6.07) is 7.12. The molecule has 0 bridgehead atoms. The highest BCUT2D eigenvalue weighted by molar-refractivity contribution is 6.00. The standard InChI is InChI=1S/C16H20N2O3/c1-17-9-7-16(8-10-17)13(15(20)21)11-5-3-4-6-12(11)14(19)18(16)2/h3-6,13H,7-10H2,1-2H3,(H,20,21). The molecule has 0 saturated carbocycles. The van der Waals surface area contributed by atoms with E-state index in [4.69, 9.17) is 0 Å². The number of piperidine rings is 1. The van der Waals surface area contributed by atoms with Gasteiger partial charge in [0.25, 0.3) is 5.91 Å².